The highest BCUT2D eigenvalue weighted by Gasteiger charge is 2.26. The highest BCUT2D eigenvalue weighted by atomic mass is 32.1. The quantitative estimate of drug-likeness (QED) is 0.468. The molecule has 0 saturated carbocycles. The highest BCUT2D eigenvalue weighted by molar-refractivity contribution is 7.21. The Morgan fingerprint density at radius 3 is 2.72 bits per heavy atom. The fourth-order valence-corrected chi connectivity index (χ4v) is 5.01. The average Bonchev–Trinajstić information content (AvgIpc) is 3.37. The number of fused-ring (bicyclic) bond motifs is 2. The van der Waals surface area contributed by atoms with E-state index in [9.17, 15) is 4.79 Å². The van der Waals surface area contributed by atoms with Crippen LogP contribution < -0.4 is 11.1 Å². The molecule has 0 radical (unpaired) electrons. The van der Waals surface area contributed by atoms with Gasteiger partial charge in [0.2, 0.25) is 0 Å². The maximum atomic E-state index is 13.0. The smallest absolute Gasteiger partial charge is 0.267 e. The lowest BCUT2D eigenvalue weighted by atomic mass is 9.89. The summed E-state index contributed by atoms with van der Waals surface area (Å²) in [6, 6.07) is 11.5. The number of anilines is 2. The maximum Gasteiger partial charge on any atom is 0.267 e. The summed E-state index contributed by atoms with van der Waals surface area (Å²) < 4.78 is 5.75. The largest absolute Gasteiger partial charge is 0.464 e. The van der Waals surface area contributed by atoms with Crippen LogP contribution in [0.5, 0.6) is 0 Å². The van der Waals surface area contributed by atoms with Gasteiger partial charge in [-0.1, -0.05) is 17.7 Å². The zero-order valence-electron chi connectivity index (χ0n) is 16.1. The Kier molecular flexibility index (Phi) is 4.36. The third-order valence-electron chi connectivity index (χ3n) is 5.44. The highest BCUT2D eigenvalue weighted by Crippen LogP contribution is 2.44. The van der Waals surface area contributed by atoms with Crippen molar-refractivity contribution in [3.05, 3.63) is 64.4 Å². The van der Waals surface area contributed by atoms with Gasteiger partial charge in [-0.2, -0.15) is 0 Å². The molecular formula is C23H21N3O2S. The number of pyridine rings is 1. The van der Waals surface area contributed by atoms with Gasteiger partial charge in [-0.3, -0.25) is 4.79 Å². The molecule has 1 aliphatic rings. The number of furan rings is 1. The Morgan fingerprint density at radius 2 is 1.97 bits per heavy atom. The number of rotatable bonds is 3. The maximum absolute atomic E-state index is 13.0. The third-order valence-corrected chi connectivity index (χ3v) is 6.53. The van der Waals surface area contributed by atoms with Crippen LogP contribution in [0.3, 0.4) is 0 Å². The summed E-state index contributed by atoms with van der Waals surface area (Å²) >= 11 is 1.35. The summed E-state index contributed by atoms with van der Waals surface area (Å²) in [5, 5.41) is 3.78. The molecule has 1 aromatic carbocycles. The zero-order valence-corrected chi connectivity index (χ0v) is 16.9. The number of amides is 1. The topological polar surface area (TPSA) is 81.2 Å². The Morgan fingerprint density at radius 1 is 1.17 bits per heavy atom. The number of aryl methyl sites for hydroxylation is 2. The van der Waals surface area contributed by atoms with Crippen molar-refractivity contribution in [1.29, 1.82) is 0 Å². The van der Waals surface area contributed by atoms with Crippen LogP contribution in [0.4, 0.5) is 11.4 Å². The van der Waals surface area contributed by atoms with Crippen LogP contribution in [0.1, 0.15) is 39.3 Å². The minimum Gasteiger partial charge on any atom is -0.464 e. The van der Waals surface area contributed by atoms with Crippen LogP contribution in [0.15, 0.2) is 47.1 Å². The number of nitrogens with two attached hydrogens (primary N) is 1. The molecular weight excluding hydrogens is 382 g/mol. The number of benzene rings is 1. The van der Waals surface area contributed by atoms with E-state index in [4.69, 9.17) is 15.1 Å². The van der Waals surface area contributed by atoms with Gasteiger partial charge in [-0.25, -0.2) is 4.98 Å². The minimum atomic E-state index is -0.210. The average molecular weight is 404 g/mol. The van der Waals surface area contributed by atoms with Gasteiger partial charge in [-0.05, 0) is 62.4 Å². The Hall–Kier alpha value is -3.12. The second-order valence-corrected chi connectivity index (χ2v) is 8.44. The van der Waals surface area contributed by atoms with Crippen molar-refractivity contribution in [2.24, 2.45) is 0 Å². The number of thiophene rings is 1. The lowest BCUT2D eigenvalue weighted by Crippen LogP contribution is -2.12. The van der Waals surface area contributed by atoms with Crippen molar-refractivity contribution in [2.75, 3.05) is 11.1 Å². The van der Waals surface area contributed by atoms with Gasteiger partial charge < -0.3 is 15.5 Å². The molecule has 146 valence electrons. The number of nitrogen functional groups attached to an aromatic ring is 1. The monoisotopic (exact) mass is 403 g/mol. The number of carbonyl (C=O) groups is 1. The molecule has 0 unspecified atom stereocenters. The van der Waals surface area contributed by atoms with Crippen molar-refractivity contribution in [3.63, 3.8) is 0 Å². The summed E-state index contributed by atoms with van der Waals surface area (Å²) in [4.78, 5) is 19.1. The second kappa shape index (κ2) is 7.04. The van der Waals surface area contributed by atoms with E-state index in [1.807, 2.05) is 43.3 Å². The molecule has 0 aliphatic heterocycles. The molecule has 29 heavy (non-hydrogen) atoms. The van der Waals surface area contributed by atoms with Crippen LogP contribution in [0.25, 0.3) is 21.5 Å². The predicted octanol–water partition coefficient (Wildman–Crippen LogP) is 5.58. The van der Waals surface area contributed by atoms with Crippen LogP contribution in [-0.4, -0.2) is 10.9 Å². The fraction of sp³-hybridized carbons (Fsp3) is 0.217. The first-order valence-corrected chi connectivity index (χ1v) is 10.6. The van der Waals surface area contributed by atoms with Crippen molar-refractivity contribution < 1.29 is 9.21 Å². The van der Waals surface area contributed by atoms with E-state index >= 15 is 0 Å². The van der Waals surface area contributed by atoms with Crippen molar-refractivity contribution >= 4 is 38.8 Å². The van der Waals surface area contributed by atoms with Crippen molar-refractivity contribution in [3.8, 4) is 11.3 Å². The number of nitrogens with one attached hydrogen (secondary N) is 1. The Bertz CT molecular complexity index is 1210. The van der Waals surface area contributed by atoms with Gasteiger partial charge in [0.15, 0.2) is 0 Å². The van der Waals surface area contributed by atoms with E-state index in [1.54, 1.807) is 6.26 Å². The molecule has 0 atom stereocenters. The first-order valence-electron chi connectivity index (χ1n) is 9.77. The number of hydrogen-bond donors (Lipinski definition) is 2. The van der Waals surface area contributed by atoms with Gasteiger partial charge >= 0.3 is 0 Å². The molecule has 0 fully saturated rings. The zero-order chi connectivity index (χ0) is 20.0. The minimum absolute atomic E-state index is 0.210. The summed E-state index contributed by atoms with van der Waals surface area (Å²) in [5.74, 6) is 0.572. The molecule has 1 amide bonds. The molecule has 0 bridgehead atoms. The van der Waals surface area contributed by atoms with Crippen LogP contribution in [0.2, 0.25) is 0 Å². The Labute approximate surface area is 172 Å². The molecule has 3 N–H and O–H groups in total. The van der Waals surface area contributed by atoms with E-state index in [2.05, 4.69) is 5.32 Å². The van der Waals surface area contributed by atoms with Gasteiger partial charge in [0.25, 0.3) is 5.91 Å². The van der Waals surface area contributed by atoms with E-state index in [0.717, 1.165) is 64.2 Å². The Balaban J connectivity index is 1.65. The summed E-state index contributed by atoms with van der Waals surface area (Å²) in [6.45, 7) is 2.01. The van der Waals surface area contributed by atoms with E-state index in [1.165, 1.54) is 16.9 Å². The first kappa shape index (κ1) is 17.9. The molecule has 3 heterocycles. The van der Waals surface area contributed by atoms with Gasteiger partial charge in [0.05, 0.1) is 12.0 Å². The molecule has 4 aromatic rings. The molecule has 5 nitrogen and oxygen atoms in total. The lowest BCUT2D eigenvalue weighted by molar-refractivity contribution is 0.103. The number of hydrogen-bond acceptors (Lipinski definition) is 5. The number of carbonyl (C=O) groups excluding carboxylic acids is 1. The van der Waals surface area contributed by atoms with Crippen molar-refractivity contribution in [1.82, 2.24) is 4.98 Å². The van der Waals surface area contributed by atoms with Gasteiger partial charge in [0, 0.05) is 22.3 Å². The number of nitrogens with zero attached hydrogens (tertiary/aromatic N) is 1. The SMILES string of the molecule is Cc1ccc(NC(=O)c2sc3nc4c(c(-c5ccco5)c3c2N)CCCC4)cc1. The van der Waals surface area contributed by atoms with Gasteiger partial charge in [-0.15, -0.1) is 11.3 Å². The molecule has 3 aromatic heterocycles. The third kappa shape index (κ3) is 3.09. The predicted molar refractivity (Wildman–Crippen MR) is 118 cm³/mol. The fourth-order valence-electron chi connectivity index (χ4n) is 3.99. The standard InChI is InChI=1S/C23H21N3O2S/c1-13-8-10-14(11-9-13)25-22(27)21-20(24)19-18(17-7-4-12-28-17)15-5-2-3-6-16(15)26-23(19)29-21/h4,7-12H,2-3,5-6,24H2,1H3,(H,25,27). The summed E-state index contributed by atoms with van der Waals surface area (Å²) in [5.41, 5.74) is 12.2. The normalized spacial score (nSPS) is 13.4. The number of aromatic nitrogens is 1. The first-order chi connectivity index (χ1) is 14.1. The van der Waals surface area contributed by atoms with Crippen LogP contribution in [0, 0.1) is 6.92 Å². The molecule has 5 rings (SSSR count). The van der Waals surface area contributed by atoms with Gasteiger partial charge in [0.1, 0.15) is 15.5 Å². The van der Waals surface area contributed by atoms with E-state index < -0.39 is 0 Å². The summed E-state index contributed by atoms with van der Waals surface area (Å²) in [7, 11) is 0. The van der Waals surface area contributed by atoms with Crippen molar-refractivity contribution in [2.45, 2.75) is 32.6 Å². The summed E-state index contributed by atoms with van der Waals surface area (Å²) in [6.07, 6.45) is 5.82. The van der Waals surface area contributed by atoms with E-state index in [-0.39, 0.29) is 5.91 Å². The second-order valence-electron chi connectivity index (χ2n) is 7.44. The lowest BCUT2D eigenvalue weighted by Gasteiger charge is -2.18. The van der Waals surface area contributed by atoms with Crippen LogP contribution >= 0.6 is 11.3 Å². The molecule has 0 saturated heterocycles. The van der Waals surface area contributed by atoms with Crippen LogP contribution in [-0.2, 0) is 12.8 Å². The molecule has 0 spiro atoms. The molecule has 1 aliphatic carbocycles. The molecule has 6 heteroatoms. The van der Waals surface area contributed by atoms with E-state index in [0.29, 0.717) is 10.6 Å².